The Bertz CT molecular complexity index is 1190. The van der Waals surface area contributed by atoms with Gasteiger partial charge in [-0.2, -0.15) is 0 Å². The number of thiophene rings is 1. The number of ether oxygens (including phenoxy) is 3. The first kappa shape index (κ1) is 23.1. The van der Waals surface area contributed by atoms with Crippen LogP contribution >= 0.6 is 11.3 Å². The van der Waals surface area contributed by atoms with Crippen LogP contribution in [0.3, 0.4) is 0 Å². The van der Waals surface area contributed by atoms with Crippen molar-refractivity contribution in [2.75, 3.05) is 13.2 Å². The third-order valence-corrected chi connectivity index (χ3v) is 5.75. The lowest BCUT2D eigenvalue weighted by molar-refractivity contribution is -0.139. The summed E-state index contributed by atoms with van der Waals surface area (Å²) in [6.45, 7) is 1.63. The van der Waals surface area contributed by atoms with Crippen molar-refractivity contribution >= 4 is 29.3 Å². The topological polar surface area (TPSA) is 116 Å². The van der Waals surface area contributed by atoms with Gasteiger partial charge in [-0.15, -0.1) is 11.3 Å². The lowest BCUT2D eigenvalue weighted by Crippen LogP contribution is -2.46. The summed E-state index contributed by atoms with van der Waals surface area (Å²) in [6, 6.07) is 14.7. The van der Waals surface area contributed by atoms with Crippen LogP contribution in [-0.4, -0.2) is 31.2 Å². The molecule has 2 aromatic heterocycles. The Hall–Kier alpha value is -4.05. The number of hydrogen-bond acceptors (Lipinski definition) is 8. The molecule has 3 aromatic rings. The quantitative estimate of drug-likeness (QED) is 0.444. The number of carbonyl (C=O) groups excluding carboxylic acids is 3. The van der Waals surface area contributed by atoms with Gasteiger partial charge in [-0.05, 0) is 42.6 Å². The SMILES string of the molecule is CCOC(=O)C1=C(COC(=O)c2ccc(COc3ccccc3)o2)NC(=O)NC1c1cccs1. The molecular weight excluding hydrogens is 460 g/mol. The van der Waals surface area contributed by atoms with Gasteiger partial charge in [-0.25, -0.2) is 14.4 Å². The molecule has 0 aliphatic carbocycles. The van der Waals surface area contributed by atoms with Crippen LogP contribution in [0.2, 0.25) is 0 Å². The second kappa shape index (κ2) is 10.7. The van der Waals surface area contributed by atoms with Gasteiger partial charge < -0.3 is 29.3 Å². The van der Waals surface area contributed by atoms with Gasteiger partial charge in [0, 0.05) is 4.88 Å². The van der Waals surface area contributed by atoms with Crippen molar-refractivity contribution in [1.29, 1.82) is 0 Å². The zero-order valence-corrected chi connectivity index (χ0v) is 19.1. The molecule has 0 radical (unpaired) electrons. The summed E-state index contributed by atoms with van der Waals surface area (Å²) in [6.07, 6.45) is 0. The highest BCUT2D eigenvalue weighted by Gasteiger charge is 2.34. The molecule has 3 heterocycles. The van der Waals surface area contributed by atoms with Gasteiger partial charge in [0.15, 0.2) is 0 Å². The van der Waals surface area contributed by atoms with E-state index in [0.717, 1.165) is 4.88 Å². The number of hydrogen-bond donors (Lipinski definition) is 2. The predicted octanol–water partition coefficient (Wildman–Crippen LogP) is 3.95. The van der Waals surface area contributed by atoms with Gasteiger partial charge in [-0.1, -0.05) is 24.3 Å². The molecule has 0 saturated carbocycles. The highest BCUT2D eigenvalue weighted by atomic mass is 32.1. The highest BCUT2D eigenvalue weighted by molar-refractivity contribution is 7.10. The zero-order valence-electron chi connectivity index (χ0n) is 18.2. The van der Waals surface area contributed by atoms with Crippen molar-refractivity contribution in [3.8, 4) is 5.75 Å². The zero-order chi connectivity index (χ0) is 23.9. The molecular formula is C24H22N2O7S. The van der Waals surface area contributed by atoms with Gasteiger partial charge in [-0.3, -0.25) is 0 Å². The predicted molar refractivity (Wildman–Crippen MR) is 122 cm³/mol. The van der Waals surface area contributed by atoms with E-state index in [1.807, 2.05) is 41.8 Å². The number of urea groups is 1. The summed E-state index contributed by atoms with van der Waals surface area (Å²) >= 11 is 1.38. The van der Waals surface area contributed by atoms with E-state index in [-0.39, 0.29) is 36.9 Å². The van der Waals surface area contributed by atoms with E-state index < -0.39 is 24.0 Å². The number of benzene rings is 1. The Kier molecular flexibility index (Phi) is 7.28. The minimum Gasteiger partial charge on any atom is -0.486 e. The van der Waals surface area contributed by atoms with E-state index in [4.69, 9.17) is 18.6 Å². The molecule has 1 aliphatic heterocycles. The van der Waals surface area contributed by atoms with Gasteiger partial charge in [0.1, 0.15) is 24.7 Å². The van der Waals surface area contributed by atoms with E-state index in [0.29, 0.717) is 11.5 Å². The third-order valence-electron chi connectivity index (χ3n) is 4.81. The molecule has 1 unspecified atom stereocenters. The van der Waals surface area contributed by atoms with Crippen LogP contribution < -0.4 is 15.4 Å². The minimum atomic E-state index is -0.748. The fraction of sp³-hybridized carbons (Fsp3) is 0.208. The third kappa shape index (κ3) is 5.46. The van der Waals surface area contributed by atoms with Gasteiger partial charge >= 0.3 is 18.0 Å². The van der Waals surface area contributed by atoms with Gasteiger partial charge in [0.25, 0.3) is 0 Å². The van der Waals surface area contributed by atoms with Crippen molar-refractivity contribution in [3.05, 3.63) is 87.6 Å². The molecule has 9 nitrogen and oxygen atoms in total. The monoisotopic (exact) mass is 482 g/mol. The minimum absolute atomic E-state index is 0.0278. The van der Waals surface area contributed by atoms with Crippen LogP contribution in [0.1, 0.15) is 34.2 Å². The number of amides is 2. The lowest BCUT2D eigenvalue weighted by atomic mass is 10.0. The smallest absolute Gasteiger partial charge is 0.374 e. The maximum atomic E-state index is 12.7. The van der Waals surface area contributed by atoms with Crippen molar-refractivity contribution in [1.82, 2.24) is 10.6 Å². The Morgan fingerprint density at radius 1 is 1.00 bits per heavy atom. The second-order valence-corrected chi connectivity index (χ2v) is 8.08. The van der Waals surface area contributed by atoms with E-state index in [1.165, 1.54) is 17.4 Å². The van der Waals surface area contributed by atoms with Crippen molar-refractivity contribution in [3.63, 3.8) is 0 Å². The molecule has 34 heavy (non-hydrogen) atoms. The Morgan fingerprint density at radius 2 is 1.82 bits per heavy atom. The molecule has 0 bridgehead atoms. The maximum absolute atomic E-state index is 12.7. The largest absolute Gasteiger partial charge is 0.486 e. The van der Waals surface area contributed by atoms with Crippen molar-refractivity contribution in [2.45, 2.75) is 19.6 Å². The molecule has 2 amide bonds. The van der Waals surface area contributed by atoms with Gasteiger partial charge in [0.05, 0.1) is 23.9 Å². The summed E-state index contributed by atoms with van der Waals surface area (Å²) in [5.74, 6) is -0.279. The van der Waals surface area contributed by atoms with E-state index >= 15 is 0 Å². The van der Waals surface area contributed by atoms with Crippen LogP contribution in [0.4, 0.5) is 4.79 Å². The first-order chi connectivity index (χ1) is 16.5. The standard InChI is InChI=1S/C24H22N2O7S/c1-2-30-23(28)20-17(25-24(29)26-21(20)19-9-6-12-34-19)14-32-22(27)18-11-10-16(33-18)13-31-15-7-4-3-5-8-15/h3-12,21H,2,13-14H2,1H3,(H2,25,26,29). The number of esters is 2. The Morgan fingerprint density at radius 3 is 2.56 bits per heavy atom. The van der Waals surface area contributed by atoms with Crippen molar-refractivity contribution in [2.24, 2.45) is 0 Å². The van der Waals surface area contributed by atoms with Crippen LogP contribution in [-0.2, 0) is 20.9 Å². The fourth-order valence-electron chi connectivity index (χ4n) is 3.30. The van der Waals surface area contributed by atoms with Crippen LogP contribution in [0, 0.1) is 0 Å². The molecule has 1 aromatic carbocycles. The van der Waals surface area contributed by atoms with E-state index in [9.17, 15) is 14.4 Å². The van der Waals surface area contributed by atoms with Crippen LogP contribution in [0.15, 0.2) is 75.7 Å². The van der Waals surface area contributed by atoms with Gasteiger partial charge in [0.2, 0.25) is 5.76 Å². The Labute approximate surface area is 199 Å². The number of furan rings is 1. The molecule has 1 aliphatic rings. The molecule has 0 saturated heterocycles. The summed E-state index contributed by atoms with van der Waals surface area (Å²) < 4.78 is 21.6. The lowest BCUT2D eigenvalue weighted by Gasteiger charge is -2.28. The highest BCUT2D eigenvalue weighted by Crippen LogP contribution is 2.30. The van der Waals surface area contributed by atoms with Crippen LogP contribution in [0.25, 0.3) is 0 Å². The molecule has 2 N–H and O–H groups in total. The second-order valence-electron chi connectivity index (χ2n) is 7.10. The fourth-order valence-corrected chi connectivity index (χ4v) is 4.08. The van der Waals surface area contributed by atoms with E-state index in [1.54, 1.807) is 19.1 Å². The first-order valence-corrected chi connectivity index (χ1v) is 11.4. The number of carbonyl (C=O) groups is 3. The molecule has 176 valence electrons. The molecule has 1 atom stereocenters. The summed E-state index contributed by atoms with van der Waals surface area (Å²) in [4.78, 5) is 38.2. The summed E-state index contributed by atoms with van der Waals surface area (Å²) in [5.41, 5.74) is 0.321. The Balaban J connectivity index is 1.46. The van der Waals surface area contributed by atoms with E-state index in [2.05, 4.69) is 10.6 Å². The summed E-state index contributed by atoms with van der Waals surface area (Å²) in [7, 11) is 0. The number of nitrogens with one attached hydrogen (secondary N) is 2. The average Bonchev–Trinajstić information content (AvgIpc) is 3.54. The summed E-state index contributed by atoms with van der Waals surface area (Å²) in [5, 5.41) is 7.11. The number of para-hydroxylation sites is 1. The average molecular weight is 483 g/mol. The maximum Gasteiger partial charge on any atom is 0.374 e. The number of rotatable bonds is 9. The molecule has 0 fully saturated rings. The van der Waals surface area contributed by atoms with Crippen molar-refractivity contribution < 1.29 is 33.0 Å². The molecule has 10 heteroatoms. The molecule has 0 spiro atoms. The van der Waals surface area contributed by atoms with Crippen LogP contribution in [0.5, 0.6) is 5.75 Å². The first-order valence-electron chi connectivity index (χ1n) is 10.5. The molecule has 4 rings (SSSR count). The normalized spacial score (nSPS) is 15.3.